The monoisotopic (exact) mass is 475 g/mol. The number of halogens is 2. The fraction of sp³-hybridized carbons (Fsp3) is 0.200. The average Bonchev–Trinajstić information content (AvgIpc) is 2.49. The minimum atomic E-state index is -3.71. The molecule has 0 spiro atoms. The summed E-state index contributed by atoms with van der Waals surface area (Å²) in [7, 11) is -3.71. The van der Waals surface area contributed by atoms with Gasteiger partial charge in [0, 0.05) is 28.1 Å². The molecular formula is C15H15Br2N3O3S. The summed E-state index contributed by atoms with van der Waals surface area (Å²) in [6.45, 7) is 1.88. The maximum atomic E-state index is 12.3. The SMILES string of the molecule is Cc1ccnc(NC(=O)CCNS(=O)(=O)c2cc(Br)ccc2Br)c1. The zero-order chi connectivity index (χ0) is 17.7. The quantitative estimate of drug-likeness (QED) is 0.669. The van der Waals surface area contributed by atoms with Crippen LogP contribution in [0.15, 0.2) is 50.4 Å². The summed E-state index contributed by atoms with van der Waals surface area (Å²) in [5.41, 5.74) is 0.973. The summed E-state index contributed by atoms with van der Waals surface area (Å²) in [5, 5.41) is 2.63. The van der Waals surface area contributed by atoms with E-state index in [4.69, 9.17) is 0 Å². The lowest BCUT2D eigenvalue weighted by atomic mass is 10.3. The fourth-order valence-corrected chi connectivity index (χ4v) is 4.40. The minimum Gasteiger partial charge on any atom is -0.311 e. The van der Waals surface area contributed by atoms with Crippen molar-refractivity contribution in [2.75, 3.05) is 11.9 Å². The Labute approximate surface area is 157 Å². The zero-order valence-electron chi connectivity index (χ0n) is 12.7. The van der Waals surface area contributed by atoms with E-state index in [1.807, 2.05) is 13.0 Å². The number of pyridine rings is 1. The predicted molar refractivity (Wildman–Crippen MR) is 99.3 cm³/mol. The van der Waals surface area contributed by atoms with Gasteiger partial charge in [-0.25, -0.2) is 18.1 Å². The molecule has 0 aliphatic heterocycles. The molecule has 0 radical (unpaired) electrons. The van der Waals surface area contributed by atoms with Crippen LogP contribution in [0.4, 0.5) is 5.82 Å². The van der Waals surface area contributed by atoms with Gasteiger partial charge in [-0.15, -0.1) is 0 Å². The van der Waals surface area contributed by atoms with Crippen LogP contribution in [0.5, 0.6) is 0 Å². The van der Waals surface area contributed by atoms with Gasteiger partial charge < -0.3 is 5.32 Å². The number of carbonyl (C=O) groups excluding carboxylic acids is 1. The number of hydrogen-bond acceptors (Lipinski definition) is 4. The van der Waals surface area contributed by atoms with E-state index in [0.29, 0.717) is 14.8 Å². The van der Waals surface area contributed by atoms with Crippen molar-refractivity contribution in [1.29, 1.82) is 0 Å². The number of benzene rings is 1. The first-order valence-electron chi connectivity index (χ1n) is 6.95. The van der Waals surface area contributed by atoms with Crippen LogP contribution in [0.1, 0.15) is 12.0 Å². The van der Waals surface area contributed by atoms with Crippen LogP contribution in [-0.4, -0.2) is 25.9 Å². The summed E-state index contributed by atoms with van der Waals surface area (Å²) in [6.07, 6.45) is 1.60. The Morgan fingerprint density at radius 3 is 2.67 bits per heavy atom. The van der Waals surface area contributed by atoms with Crippen LogP contribution in [0.3, 0.4) is 0 Å². The number of carbonyl (C=O) groups is 1. The van der Waals surface area contributed by atoms with Crippen LogP contribution in [0.25, 0.3) is 0 Å². The Hall–Kier alpha value is -1.29. The van der Waals surface area contributed by atoms with E-state index in [1.165, 1.54) is 6.07 Å². The van der Waals surface area contributed by atoms with Gasteiger partial charge in [0.1, 0.15) is 5.82 Å². The predicted octanol–water partition coefficient (Wildman–Crippen LogP) is 3.22. The standard InChI is InChI=1S/C15H15Br2N3O3S/c1-10-4-6-18-14(8-10)20-15(21)5-7-19-24(22,23)13-9-11(16)2-3-12(13)17/h2-4,6,8-9,19H,5,7H2,1H3,(H,18,20,21). The normalized spacial score (nSPS) is 11.3. The smallest absolute Gasteiger partial charge is 0.241 e. The summed E-state index contributed by atoms with van der Waals surface area (Å²) < 4.78 is 28.1. The van der Waals surface area contributed by atoms with Gasteiger partial charge in [0.05, 0.1) is 4.90 Å². The van der Waals surface area contributed by atoms with E-state index >= 15 is 0 Å². The number of aromatic nitrogens is 1. The van der Waals surface area contributed by atoms with Crippen LogP contribution in [0.2, 0.25) is 0 Å². The minimum absolute atomic E-state index is 0.000470. The number of nitrogens with zero attached hydrogens (tertiary/aromatic N) is 1. The zero-order valence-corrected chi connectivity index (χ0v) is 16.7. The maximum absolute atomic E-state index is 12.3. The number of rotatable bonds is 6. The number of amides is 1. The highest BCUT2D eigenvalue weighted by Crippen LogP contribution is 2.25. The van der Waals surface area contributed by atoms with Crippen molar-refractivity contribution in [3.05, 3.63) is 51.0 Å². The Kier molecular flexibility index (Phi) is 6.50. The first-order chi connectivity index (χ1) is 11.3. The van der Waals surface area contributed by atoms with Gasteiger partial charge in [0.2, 0.25) is 15.9 Å². The van der Waals surface area contributed by atoms with Crippen LogP contribution in [0, 0.1) is 6.92 Å². The highest BCUT2D eigenvalue weighted by atomic mass is 79.9. The molecule has 0 atom stereocenters. The van der Waals surface area contributed by atoms with Crippen molar-refractivity contribution >= 4 is 53.6 Å². The van der Waals surface area contributed by atoms with E-state index in [-0.39, 0.29) is 23.8 Å². The topological polar surface area (TPSA) is 88.2 Å². The molecule has 0 saturated carbocycles. The first-order valence-corrected chi connectivity index (χ1v) is 10.0. The lowest BCUT2D eigenvalue weighted by Gasteiger charge is -2.09. The van der Waals surface area contributed by atoms with Gasteiger partial charge in [0.25, 0.3) is 0 Å². The van der Waals surface area contributed by atoms with Gasteiger partial charge in [0.15, 0.2) is 0 Å². The molecule has 0 saturated heterocycles. The molecule has 0 unspecified atom stereocenters. The third-order valence-corrected chi connectivity index (χ3v) is 5.96. The molecule has 0 bridgehead atoms. The molecule has 2 N–H and O–H groups in total. The summed E-state index contributed by atoms with van der Waals surface area (Å²) in [5.74, 6) is 0.127. The Bertz CT molecular complexity index is 857. The number of anilines is 1. The lowest BCUT2D eigenvalue weighted by Crippen LogP contribution is -2.28. The molecule has 9 heteroatoms. The number of hydrogen-bond donors (Lipinski definition) is 2. The Balaban J connectivity index is 1.93. The summed E-state index contributed by atoms with van der Waals surface area (Å²) in [6, 6.07) is 8.41. The molecule has 128 valence electrons. The molecule has 24 heavy (non-hydrogen) atoms. The van der Waals surface area contributed by atoms with E-state index in [1.54, 1.807) is 24.4 Å². The van der Waals surface area contributed by atoms with Crippen molar-refractivity contribution in [2.24, 2.45) is 0 Å². The molecule has 1 heterocycles. The molecule has 1 amide bonds. The van der Waals surface area contributed by atoms with Crippen molar-refractivity contribution < 1.29 is 13.2 Å². The molecule has 1 aromatic carbocycles. The van der Waals surface area contributed by atoms with Crippen LogP contribution >= 0.6 is 31.9 Å². The van der Waals surface area contributed by atoms with E-state index in [0.717, 1.165) is 5.56 Å². The maximum Gasteiger partial charge on any atom is 0.241 e. The largest absolute Gasteiger partial charge is 0.311 e. The highest BCUT2D eigenvalue weighted by Gasteiger charge is 2.18. The van der Waals surface area contributed by atoms with Crippen molar-refractivity contribution in [3.63, 3.8) is 0 Å². The fourth-order valence-electron chi connectivity index (χ4n) is 1.87. The number of nitrogens with one attached hydrogen (secondary N) is 2. The van der Waals surface area contributed by atoms with Crippen molar-refractivity contribution in [2.45, 2.75) is 18.2 Å². The molecule has 6 nitrogen and oxygen atoms in total. The van der Waals surface area contributed by atoms with Gasteiger partial charge >= 0.3 is 0 Å². The lowest BCUT2D eigenvalue weighted by molar-refractivity contribution is -0.116. The second-order valence-electron chi connectivity index (χ2n) is 4.99. The van der Waals surface area contributed by atoms with E-state index in [9.17, 15) is 13.2 Å². The summed E-state index contributed by atoms with van der Waals surface area (Å²) >= 11 is 6.45. The Morgan fingerprint density at radius 2 is 1.96 bits per heavy atom. The molecule has 0 fully saturated rings. The van der Waals surface area contributed by atoms with Crippen molar-refractivity contribution in [1.82, 2.24) is 9.71 Å². The van der Waals surface area contributed by atoms with E-state index < -0.39 is 10.0 Å². The van der Waals surface area contributed by atoms with E-state index in [2.05, 4.69) is 46.9 Å². The van der Waals surface area contributed by atoms with Gasteiger partial charge in [-0.2, -0.15) is 0 Å². The molecule has 0 aliphatic rings. The second kappa shape index (κ2) is 8.19. The average molecular weight is 477 g/mol. The van der Waals surface area contributed by atoms with Gasteiger partial charge in [-0.3, -0.25) is 4.79 Å². The van der Waals surface area contributed by atoms with Crippen molar-refractivity contribution in [3.8, 4) is 0 Å². The van der Waals surface area contributed by atoms with Gasteiger partial charge in [-0.05, 0) is 58.7 Å². The molecule has 0 aliphatic carbocycles. The number of sulfonamides is 1. The summed E-state index contributed by atoms with van der Waals surface area (Å²) in [4.78, 5) is 16.0. The van der Waals surface area contributed by atoms with Gasteiger partial charge in [-0.1, -0.05) is 15.9 Å². The molecule has 1 aromatic heterocycles. The van der Waals surface area contributed by atoms with Crippen LogP contribution in [-0.2, 0) is 14.8 Å². The number of aryl methyl sites for hydroxylation is 1. The first kappa shape index (κ1) is 19.0. The third kappa shape index (κ3) is 5.37. The molecule has 2 aromatic rings. The Morgan fingerprint density at radius 1 is 1.21 bits per heavy atom. The molecular weight excluding hydrogens is 462 g/mol. The highest BCUT2D eigenvalue weighted by molar-refractivity contribution is 9.11. The second-order valence-corrected chi connectivity index (χ2v) is 8.49. The third-order valence-electron chi connectivity index (χ3n) is 3.01. The molecule has 2 rings (SSSR count). The van der Waals surface area contributed by atoms with Crippen LogP contribution < -0.4 is 10.0 Å².